The second-order valence-electron chi connectivity index (χ2n) is 6.13. The molecule has 0 aromatic heterocycles. The Kier molecular flexibility index (Phi) is 6.48. The highest BCUT2D eigenvalue weighted by atomic mass is 19.4. The largest absolute Gasteiger partial charge is 0.491 e. The molecule has 24 heavy (non-hydrogen) atoms. The Labute approximate surface area is 139 Å². The normalized spacial score (nSPS) is 22.7. The SMILES string of the molecule is O=C(NC[C@H](O)COc1ccccc1)[C@@H]1CCC[C@H](C(F)(F)F)C1. The molecule has 1 aliphatic carbocycles. The van der Waals surface area contributed by atoms with Crippen LogP contribution in [-0.2, 0) is 4.79 Å². The lowest BCUT2D eigenvalue weighted by Crippen LogP contribution is -2.41. The third kappa shape index (κ3) is 5.70. The summed E-state index contributed by atoms with van der Waals surface area (Å²) in [6, 6.07) is 8.91. The number of aliphatic hydroxyl groups excluding tert-OH is 1. The second-order valence-corrected chi connectivity index (χ2v) is 6.13. The van der Waals surface area contributed by atoms with Crippen molar-refractivity contribution in [1.82, 2.24) is 5.32 Å². The number of aliphatic hydroxyl groups is 1. The van der Waals surface area contributed by atoms with Gasteiger partial charge in [-0.2, -0.15) is 13.2 Å². The average molecular weight is 345 g/mol. The van der Waals surface area contributed by atoms with Gasteiger partial charge in [-0.1, -0.05) is 24.6 Å². The van der Waals surface area contributed by atoms with Crippen molar-refractivity contribution >= 4 is 5.91 Å². The van der Waals surface area contributed by atoms with Crippen LogP contribution in [0.3, 0.4) is 0 Å². The van der Waals surface area contributed by atoms with Gasteiger partial charge >= 0.3 is 6.18 Å². The van der Waals surface area contributed by atoms with Gasteiger partial charge in [0.1, 0.15) is 18.5 Å². The fourth-order valence-electron chi connectivity index (χ4n) is 2.86. The number of carbonyl (C=O) groups is 1. The van der Waals surface area contributed by atoms with Crippen molar-refractivity contribution in [3.8, 4) is 5.75 Å². The summed E-state index contributed by atoms with van der Waals surface area (Å²) in [6.45, 7) is -0.0427. The van der Waals surface area contributed by atoms with Gasteiger partial charge in [-0.15, -0.1) is 0 Å². The first-order chi connectivity index (χ1) is 11.4. The number of para-hydroxylation sites is 1. The predicted octanol–water partition coefficient (Wildman–Crippen LogP) is 2.91. The molecule has 0 spiro atoms. The Morgan fingerprint density at radius 1 is 1.29 bits per heavy atom. The van der Waals surface area contributed by atoms with E-state index in [1.54, 1.807) is 24.3 Å². The zero-order chi connectivity index (χ0) is 17.6. The van der Waals surface area contributed by atoms with Crippen LogP contribution in [0.25, 0.3) is 0 Å². The van der Waals surface area contributed by atoms with E-state index in [0.29, 0.717) is 18.6 Å². The highest BCUT2D eigenvalue weighted by Gasteiger charge is 2.43. The van der Waals surface area contributed by atoms with Crippen LogP contribution in [0.1, 0.15) is 25.7 Å². The van der Waals surface area contributed by atoms with Gasteiger partial charge in [0.15, 0.2) is 0 Å². The third-order valence-electron chi connectivity index (χ3n) is 4.21. The molecule has 2 rings (SSSR count). The molecule has 0 unspecified atom stereocenters. The zero-order valence-corrected chi connectivity index (χ0v) is 13.3. The molecule has 1 fully saturated rings. The van der Waals surface area contributed by atoms with E-state index >= 15 is 0 Å². The summed E-state index contributed by atoms with van der Waals surface area (Å²) in [5.41, 5.74) is 0. The number of alkyl halides is 3. The molecule has 3 atom stereocenters. The summed E-state index contributed by atoms with van der Waals surface area (Å²) in [6.07, 6.45) is -4.41. The lowest BCUT2D eigenvalue weighted by Gasteiger charge is -2.29. The minimum absolute atomic E-state index is 0.000135. The number of hydrogen-bond donors (Lipinski definition) is 2. The fourth-order valence-corrected chi connectivity index (χ4v) is 2.86. The first-order valence-electron chi connectivity index (χ1n) is 8.06. The van der Waals surface area contributed by atoms with Crippen LogP contribution in [0.5, 0.6) is 5.75 Å². The van der Waals surface area contributed by atoms with E-state index in [9.17, 15) is 23.1 Å². The quantitative estimate of drug-likeness (QED) is 0.833. The predicted molar refractivity (Wildman–Crippen MR) is 82.5 cm³/mol. The number of benzene rings is 1. The number of carbonyl (C=O) groups excluding carboxylic acids is 1. The molecule has 4 nitrogen and oxygen atoms in total. The summed E-state index contributed by atoms with van der Waals surface area (Å²) in [5, 5.41) is 12.3. The van der Waals surface area contributed by atoms with Crippen LogP contribution < -0.4 is 10.1 Å². The van der Waals surface area contributed by atoms with Gasteiger partial charge in [0.2, 0.25) is 5.91 Å². The molecule has 0 radical (unpaired) electrons. The van der Waals surface area contributed by atoms with Crippen LogP contribution in [0.15, 0.2) is 30.3 Å². The number of rotatable bonds is 6. The van der Waals surface area contributed by atoms with Gasteiger partial charge in [0.05, 0.1) is 5.92 Å². The van der Waals surface area contributed by atoms with E-state index in [1.165, 1.54) is 0 Å². The van der Waals surface area contributed by atoms with Crippen LogP contribution in [0, 0.1) is 11.8 Å². The lowest BCUT2D eigenvalue weighted by atomic mass is 9.80. The Hall–Kier alpha value is -1.76. The summed E-state index contributed by atoms with van der Waals surface area (Å²) in [7, 11) is 0. The monoisotopic (exact) mass is 345 g/mol. The van der Waals surface area contributed by atoms with E-state index in [4.69, 9.17) is 4.74 Å². The van der Waals surface area contributed by atoms with Crippen molar-refractivity contribution in [1.29, 1.82) is 0 Å². The first-order valence-corrected chi connectivity index (χ1v) is 8.06. The summed E-state index contributed by atoms with van der Waals surface area (Å²) in [5.74, 6) is -1.88. The molecule has 0 heterocycles. The van der Waals surface area contributed by atoms with Crippen LogP contribution in [-0.4, -0.2) is 36.4 Å². The van der Waals surface area contributed by atoms with Crippen LogP contribution in [0.4, 0.5) is 13.2 Å². The Morgan fingerprint density at radius 3 is 2.67 bits per heavy atom. The number of hydrogen-bond acceptors (Lipinski definition) is 3. The molecule has 1 aromatic carbocycles. The smallest absolute Gasteiger partial charge is 0.391 e. The zero-order valence-electron chi connectivity index (χ0n) is 13.3. The molecule has 1 amide bonds. The lowest BCUT2D eigenvalue weighted by molar-refractivity contribution is -0.186. The van der Waals surface area contributed by atoms with Gasteiger partial charge in [0, 0.05) is 12.5 Å². The molecule has 7 heteroatoms. The Morgan fingerprint density at radius 2 is 2.00 bits per heavy atom. The van der Waals surface area contributed by atoms with Gasteiger partial charge in [-0.05, 0) is 31.4 Å². The molecule has 0 saturated heterocycles. The summed E-state index contributed by atoms with van der Waals surface area (Å²) < 4.78 is 43.7. The third-order valence-corrected chi connectivity index (χ3v) is 4.21. The highest BCUT2D eigenvalue weighted by molar-refractivity contribution is 5.78. The second kappa shape index (κ2) is 8.37. The maximum absolute atomic E-state index is 12.8. The van der Waals surface area contributed by atoms with E-state index in [-0.39, 0.29) is 26.0 Å². The van der Waals surface area contributed by atoms with Crippen molar-refractivity contribution in [2.45, 2.75) is 38.0 Å². The molecule has 0 aliphatic heterocycles. The standard InChI is InChI=1S/C17H22F3NO3/c18-17(19,20)13-6-4-5-12(9-13)16(23)21-10-14(22)11-24-15-7-2-1-3-8-15/h1-3,7-8,12-14,22H,4-6,9-11H2,(H,21,23)/t12-,13+,14+/m1/s1. The van der Waals surface area contributed by atoms with E-state index < -0.39 is 30.0 Å². The Bertz CT molecular complexity index is 522. The Balaban J connectivity index is 1.72. The number of amides is 1. The molecule has 1 aliphatic rings. The molecule has 2 N–H and O–H groups in total. The van der Waals surface area contributed by atoms with Crippen molar-refractivity contribution < 1.29 is 27.8 Å². The van der Waals surface area contributed by atoms with Gasteiger partial charge < -0.3 is 15.2 Å². The van der Waals surface area contributed by atoms with E-state index in [0.717, 1.165) is 0 Å². The molecular formula is C17H22F3NO3. The van der Waals surface area contributed by atoms with Gasteiger partial charge in [0.25, 0.3) is 0 Å². The van der Waals surface area contributed by atoms with Crippen molar-refractivity contribution in [2.75, 3.05) is 13.2 Å². The molecular weight excluding hydrogens is 323 g/mol. The molecule has 0 bridgehead atoms. The number of ether oxygens (including phenoxy) is 1. The maximum Gasteiger partial charge on any atom is 0.391 e. The minimum atomic E-state index is -4.25. The summed E-state index contributed by atoms with van der Waals surface area (Å²) in [4.78, 5) is 12.0. The first kappa shape index (κ1) is 18.6. The summed E-state index contributed by atoms with van der Waals surface area (Å²) >= 11 is 0. The van der Waals surface area contributed by atoms with Gasteiger partial charge in [-0.25, -0.2) is 0 Å². The molecule has 1 aromatic rings. The van der Waals surface area contributed by atoms with Crippen molar-refractivity contribution in [3.63, 3.8) is 0 Å². The highest BCUT2D eigenvalue weighted by Crippen LogP contribution is 2.39. The fraction of sp³-hybridized carbons (Fsp3) is 0.588. The minimum Gasteiger partial charge on any atom is -0.491 e. The van der Waals surface area contributed by atoms with Crippen molar-refractivity contribution in [3.05, 3.63) is 30.3 Å². The molecule has 1 saturated carbocycles. The number of halogens is 3. The average Bonchev–Trinajstić information content (AvgIpc) is 2.58. The van der Waals surface area contributed by atoms with E-state index in [1.807, 2.05) is 6.07 Å². The van der Waals surface area contributed by atoms with Crippen molar-refractivity contribution in [2.24, 2.45) is 11.8 Å². The number of nitrogens with one attached hydrogen (secondary N) is 1. The van der Waals surface area contributed by atoms with Gasteiger partial charge in [-0.3, -0.25) is 4.79 Å². The maximum atomic E-state index is 12.8. The van der Waals surface area contributed by atoms with Crippen LogP contribution in [0.2, 0.25) is 0 Å². The van der Waals surface area contributed by atoms with E-state index in [2.05, 4.69) is 5.32 Å². The van der Waals surface area contributed by atoms with Crippen LogP contribution >= 0.6 is 0 Å². The molecule has 134 valence electrons. The topological polar surface area (TPSA) is 58.6 Å².